The van der Waals surface area contributed by atoms with E-state index in [1.165, 1.54) is 10.9 Å². The molecule has 2 aromatic rings. The summed E-state index contributed by atoms with van der Waals surface area (Å²) < 4.78 is 28.9. The average Bonchev–Trinajstić information content (AvgIpc) is 3.03. The molecular formula is C10H16ClN5O11P2. The molecule has 3 rings (SSSR count). The second kappa shape index (κ2) is 8.85. The molecule has 0 saturated carbocycles. The Morgan fingerprint density at radius 3 is 2.21 bits per heavy atom. The summed E-state index contributed by atoms with van der Waals surface area (Å²) in [5.74, 6) is 0.141. The smallest absolute Gasteiger partial charge is 0.394 e. The highest BCUT2D eigenvalue weighted by Gasteiger charge is 2.44. The van der Waals surface area contributed by atoms with Crippen molar-refractivity contribution in [3.05, 3.63) is 11.6 Å². The van der Waals surface area contributed by atoms with Crippen molar-refractivity contribution in [3.63, 3.8) is 0 Å². The fourth-order valence-electron chi connectivity index (χ4n) is 2.36. The van der Waals surface area contributed by atoms with Crippen LogP contribution in [-0.4, -0.2) is 79.3 Å². The summed E-state index contributed by atoms with van der Waals surface area (Å²) in [6, 6.07) is 0. The molecule has 9 N–H and O–H groups in total. The summed E-state index contributed by atoms with van der Waals surface area (Å²) in [6.45, 7) is -0.434. The van der Waals surface area contributed by atoms with Crippen LogP contribution in [0.15, 0.2) is 6.33 Å². The number of anilines is 1. The van der Waals surface area contributed by atoms with Crippen molar-refractivity contribution < 1.29 is 53.1 Å². The van der Waals surface area contributed by atoms with Gasteiger partial charge in [-0.15, -0.1) is 0 Å². The molecule has 1 saturated heterocycles. The molecule has 164 valence electrons. The summed E-state index contributed by atoms with van der Waals surface area (Å²) in [4.78, 5) is 42.8. The third-order valence-electron chi connectivity index (χ3n) is 3.45. The zero-order valence-corrected chi connectivity index (χ0v) is 16.5. The number of nitrogen functional groups attached to an aromatic ring is 1. The van der Waals surface area contributed by atoms with Crippen LogP contribution < -0.4 is 5.73 Å². The normalized spacial score (nSPS) is 25.1. The van der Waals surface area contributed by atoms with E-state index in [1.54, 1.807) is 0 Å². The summed E-state index contributed by atoms with van der Waals surface area (Å²) >= 11 is 6.02. The first-order valence-corrected chi connectivity index (χ1v) is 10.8. The molecule has 2 aromatic heterocycles. The van der Waals surface area contributed by atoms with Crippen molar-refractivity contribution >= 4 is 44.2 Å². The molecule has 0 unspecified atom stereocenters. The van der Waals surface area contributed by atoms with E-state index in [2.05, 4.69) is 19.3 Å². The lowest BCUT2D eigenvalue weighted by Gasteiger charge is -2.17. The number of aliphatic hydroxyl groups is 3. The predicted molar refractivity (Wildman–Crippen MR) is 92.9 cm³/mol. The zero-order valence-electron chi connectivity index (χ0n) is 14.0. The molecule has 16 nitrogen and oxygen atoms in total. The van der Waals surface area contributed by atoms with Gasteiger partial charge in [-0.05, 0) is 11.6 Å². The van der Waals surface area contributed by atoms with Crippen molar-refractivity contribution in [2.45, 2.75) is 24.5 Å². The SMILES string of the molecule is Nc1ncnc2c1nc(Cl)n2[C@@H]1O[C@H](CO)[C@@H](O)[C@H]1O.O=P(O)(O)OP(=O)(O)O. The minimum Gasteiger partial charge on any atom is -0.394 e. The highest BCUT2D eigenvalue weighted by atomic mass is 35.5. The van der Waals surface area contributed by atoms with Gasteiger partial charge >= 0.3 is 15.6 Å². The summed E-state index contributed by atoms with van der Waals surface area (Å²) in [6.07, 6.45) is -3.22. The van der Waals surface area contributed by atoms with Crippen LogP contribution >= 0.6 is 27.2 Å². The molecule has 0 aliphatic carbocycles. The van der Waals surface area contributed by atoms with E-state index < -0.39 is 46.8 Å². The molecule has 0 spiro atoms. The van der Waals surface area contributed by atoms with E-state index in [0.29, 0.717) is 0 Å². The number of ether oxygens (including phenoxy) is 1. The number of hydrogen-bond donors (Lipinski definition) is 8. The van der Waals surface area contributed by atoms with Crippen LogP contribution in [0.1, 0.15) is 6.23 Å². The monoisotopic (exact) mass is 479 g/mol. The number of rotatable bonds is 4. The second-order valence-electron chi connectivity index (χ2n) is 5.47. The minimum absolute atomic E-state index is 0.0120. The largest absolute Gasteiger partial charge is 0.478 e. The van der Waals surface area contributed by atoms with Gasteiger partial charge in [-0.3, -0.25) is 4.57 Å². The Balaban J connectivity index is 0.000000284. The molecule has 19 heteroatoms. The fourth-order valence-corrected chi connectivity index (χ4v) is 3.73. The summed E-state index contributed by atoms with van der Waals surface area (Å²) in [5.41, 5.74) is 6.22. The van der Waals surface area contributed by atoms with Gasteiger partial charge in [0.1, 0.15) is 24.6 Å². The van der Waals surface area contributed by atoms with E-state index in [0.717, 1.165) is 0 Å². The van der Waals surface area contributed by atoms with Crippen LogP contribution in [0.2, 0.25) is 5.28 Å². The first kappa shape index (κ1) is 24.0. The van der Waals surface area contributed by atoms with Crippen LogP contribution in [0, 0.1) is 0 Å². The predicted octanol–water partition coefficient (Wildman–Crippen LogP) is -2.14. The fraction of sp³-hybridized carbons (Fsp3) is 0.500. The number of hydrogen-bond acceptors (Lipinski definition) is 11. The van der Waals surface area contributed by atoms with E-state index in [9.17, 15) is 19.3 Å². The maximum atomic E-state index is 10.0. The molecule has 0 radical (unpaired) electrons. The number of nitrogens with two attached hydrogens (primary N) is 1. The van der Waals surface area contributed by atoms with Crippen LogP contribution in [0.3, 0.4) is 0 Å². The number of halogens is 1. The Morgan fingerprint density at radius 2 is 1.76 bits per heavy atom. The Hall–Kier alpha value is -1.26. The molecule has 29 heavy (non-hydrogen) atoms. The quantitative estimate of drug-likeness (QED) is 0.172. The lowest BCUT2D eigenvalue weighted by Crippen LogP contribution is -2.33. The molecule has 0 bridgehead atoms. The molecule has 4 atom stereocenters. The lowest BCUT2D eigenvalue weighted by molar-refractivity contribution is -0.0509. The van der Waals surface area contributed by atoms with E-state index in [4.69, 9.17) is 46.8 Å². The van der Waals surface area contributed by atoms with Gasteiger partial charge in [-0.1, -0.05) is 0 Å². The zero-order chi connectivity index (χ0) is 22.1. The highest BCUT2D eigenvalue weighted by molar-refractivity contribution is 7.60. The molecule has 0 aromatic carbocycles. The van der Waals surface area contributed by atoms with Gasteiger partial charge in [0, 0.05) is 0 Å². The molecule has 1 aliphatic rings. The van der Waals surface area contributed by atoms with Crippen molar-refractivity contribution in [1.82, 2.24) is 19.5 Å². The maximum absolute atomic E-state index is 10.0. The van der Waals surface area contributed by atoms with Crippen LogP contribution in [-0.2, 0) is 18.2 Å². The average molecular weight is 480 g/mol. The van der Waals surface area contributed by atoms with Gasteiger partial charge in [-0.25, -0.2) is 24.1 Å². The molecule has 3 heterocycles. The first-order chi connectivity index (χ1) is 13.2. The number of nitrogens with zero attached hydrogens (tertiary/aromatic N) is 4. The minimum atomic E-state index is -5.05. The molecule has 0 amide bonds. The topological polar surface area (TPSA) is 264 Å². The Kier molecular flexibility index (Phi) is 7.33. The van der Waals surface area contributed by atoms with Gasteiger partial charge < -0.3 is 45.4 Å². The van der Waals surface area contributed by atoms with E-state index in [1.807, 2.05) is 0 Å². The van der Waals surface area contributed by atoms with Gasteiger partial charge in [0.05, 0.1) is 6.61 Å². The van der Waals surface area contributed by atoms with Crippen molar-refractivity contribution in [2.75, 3.05) is 12.3 Å². The number of imidazole rings is 1. The lowest BCUT2D eigenvalue weighted by atomic mass is 10.1. The molecule has 1 aliphatic heterocycles. The van der Waals surface area contributed by atoms with Crippen molar-refractivity contribution in [1.29, 1.82) is 0 Å². The standard InChI is InChI=1S/C10H12ClN5O4.H4O7P2/c11-10-15-4-7(12)13-2-14-8(4)16(10)9-6(19)5(18)3(1-17)20-9;1-8(2,3)7-9(4,5)6/h2-3,5-6,9,17-19H,1H2,(H2,12,13,14);(H2,1,2,3)(H2,4,5,6)/t3-,5-,6-,9-;/m1./s1. The van der Waals surface area contributed by atoms with E-state index in [-0.39, 0.29) is 22.3 Å². The Morgan fingerprint density at radius 1 is 1.17 bits per heavy atom. The Labute approximate surface area is 166 Å². The van der Waals surface area contributed by atoms with Crippen molar-refractivity contribution in [3.8, 4) is 0 Å². The number of aromatic nitrogens is 4. The van der Waals surface area contributed by atoms with Crippen LogP contribution in [0.5, 0.6) is 0 Å². The van der Waals surface area contributed by atoms with Crippen LogP contribution in [0.25, 0.3) is 11.2 Å². The molecule has 1 fully saturated rings. The third-order valence-corrected chi connectivity index (χ3v) is 5.42. The summed E-state index contributed by atoms with van der Waals surface area (Å²) in [7, 11) is -10.1. The first-order valence-electron chi connectivity index (χ1n) is 7.34. The number of phosphoric acid groups is 2. The summed E-state index contributed by atoms with van der Waals surface area (Å²) in [5, 5.41) is 28.9. The molecular weight excluding hydrogens is 464 g/mol. The number of fused-ring (bicyclic) bond motifs is 1. The highest BCUT2D eigenvalue weighted by Crippen LogP contribution is 2.53. The maximum Gasteiger partial charge on any atom is 0.478 e. The number of aliphatic hydroxyl groups excluding tert-OH is 3. The van der Waals surface area contributed by atoms with Gasteiger partial charge in [-0.2, -0.15) is 4.31 Å². The second-order valence-corrected chi connectivity index (χ2v) is 8.43. The third kappa shape index (κ3) is 5.88. The van der Waals surface area contributed by atoms with Gasteiger partial charge in [0.15, 0.2) is 23.2 Å². The Bertz CT molecular complexity index is 943. The van der Waals surface area contributed by atoms with Crippen LogP contribution in [0.4, 0.5) is 5.82 Å². The van der Waals surface area contributed by atoms with Crippen molar-refractivity contribution in [2.24, 2.45) is 0 Å². The van der Waals surface area contributed by atoms with E-state index >= 15 is 0 Å². The van der Waals surface area contributed by atoms with Gasteiger partial charge in [0.25, 0.3) is 0 Å². The van der Waals surface area contributed by atoms with Gasteiger partial charge in [0.2, 0.25) is 5.28 Å².